The van der Waals surface area contributed by atoms with Crippen molar-refractivity contribution in [3.05, 3.63) is 48.4 Å². The Hall–Kier alpha value is -2.87. The molecule has 0 N–H and O–H groups in total. The number of hydrogen-bond acceptors (Lipinski definition) is 7. The van der Waals surface area contributed by atoms with Crippen LogP contribution in [0.15, 0.2) is 42.9 Å². The van der Waals surface area contributed by atoms with Gasteiger partial charge in [-0.2, -0.15) is 4.80 Å². The fourth-order valence-corrected chi connectivity index (χ4v) is 3.59. The monoisotopic (exact) mass is 365 g/mol. The average Bonchev–Trinajstić information content (AvgIpc) is 3.18. The zero-order valence-corrected chi connectivity index (χ0v) is 15.4. The molecule has 0 spiro atoms. The molecule has 2 aromatic heterocycles. The minimum absolute atomic E-state index is 0.498. The van der Waals surface area contributed by atoms with Gasteiger partial charge in [-0.25, -0.2) is 4.98 Å². The Morgan fingerprint density at radius 1 is 1.22 bits per heavy atom. The second kappa shape index (κ2) is 8.22. The molecule has 0 saturated carbocycles. The number of piperidine rings is 1. The van der Waals surface area contributed by atoms with Crippen LogP contribution in [0.2, 0.25) is 0 Å². The van der Waals surface area contributed by atoms with Crippen molar-refractivity contribution in [1.29, 1.82) is 0 Å². The molecule has 1 saturated heterocycles. The fraction of sp³-hybridized carbons (Fsp3) is 0.421. The highest BCUT2D eigenvalue weighted by Crippen LogP contribution is 2.24. The molecule has 3 aromatic rings. The largest absolute Gasteiger partial charge is 0.496 e. The number of likely N-dealkylation sites (tertiary alicyclic amines) is 1. The number of ether oxygens (including phenoxy) is 1. The lowest BCUT2D eigenvalue weighted by atomic mass is 9.97. The second-order valence-electron chi connectivity index (χ2n) is 6.81. The molecule has 0 bridgehead atoms. The smallest absolute Gasteiger partial charge is 0.224 e. The van der Waals surface area contributed by atoms with Gasteiger partial charge in [0.05, 0.1) is 19.9 Å². The van der Waals surface area contributed by atoms with Crippen LogP contribution in [-0.2, 0) is 13.1 Å². The van der Waals surface area contributed by atoms with Crippen molar-refractivity contribution in [3.63, 3.8) is 0 Å². The number of benzene rings is 1. The molecule has 0 aliphatic carbocycles. The number of tetrazole rings is 1. The summed E-state index contributed by atoms with van der Waals surface area (Å²) in [4.78, 5) is 12.4. The van der Waals surface area contributed by atoms with Crippen molar-refractivity contribution in [2.75, 3.05) is 20.2 Å². The Bertz CT molecular complexity index is 867. The summed E-state index contributed by atoms with van der Waals surface area (Å²) >= 11 is 0. The van der Waals surface area contributed by atoms with Gasteiger partial charge in [-0.15, -0.1) is 10.2 Å². The summed E-state index contributed by atoms with van der Waals surface area (Å²) in [6, 6.07) is 8.22. The number of nitrogens with zero attached hydrogens (tertiary/aromatic N) is 7. The van der Waals surface area contributed by atoms with E-state index in [9.17, 15) is 0 Å². The van der Waals surface area contributed by atoms with Gasteiger partial charge in [-0.3, -0.25) is 9.88 Å². The maximum atomic E-state index is 5.48. The Balaban J connectivity index is 1.38. The second-order valence-corrected chi connectivity index (χ2v) is 6.81. The minimum atomic E-state index is 0.498. The van der Waals surface area contributed by atoms with Crippen molar-refractivity contribution in [2.45, 2.75) is 25.9 Å². The van der Waals surface area contributed by atoms with Gasteiger partial charge < -0.3 is 4.74 Å². The highest BCUT2D eigenvalue weighted by atomic mass is 16.5. The van der Waals surface area contributed by atoms with Crippen LogP contribution >= 0.6 is 0 Å². The number of para-hydroxylation sites is 1. The summed E-state index contributed by atoms with van der Waals surface area (Å²) in [5.41, 5.74) is 1.87. The Morgan fingerprint density at radius 2 is 2.15 bits per heavy atom. The summed E-state index contributed by atoms with van der Waals surface area (Å²) in [6.45, 7) is 3.77. The Morgan fingerprint density at radius 3 is 3.00 bits per heavy atom. The van der Waals surface area contributed by atoms with Gasteiger partial charge in [-0.05, 0) is 36.6 Å². The van der Waals surface area contributed by atoms with Gasteiger partial charge in [0.15, 0.2) is 0 Å². The molecular weight excluding hydrogens is 342 g/mol. The van der Waals surface area contributed by atoms with Crippen molar-refractivity contribution in [1.82, 2.24) is 35.1 Å². The first kappa shape index (κ1) is 17.5. The van der Waals surface area contributed by atoms with Gasteiger partial charge in [0.25, 0.3) is 0 Å². The predicted octanol–water partition coefficient (Wildman–Crippen LogP) is 2.05. The lowest BCUT2D eigenvalue weighted by Gasteiger charge is -2.32. The summed E-state index contributed by atoms with van der Waals surface area (Å²) in [5.74, 6) is 1.97. The summed E-state index contributed by atoms with van der Waals surface area (Å²) in [5, 5.41) is 12.8. The zero-order chi connectivity index (χ0) is 18.5. The third-order valence-electron chi connectivity index (χ3n) is 4.86. The van der Waals surface area contributed by atoms with Gasteiger partial charge >= 0.3 is 0 Å². The van der Waals surface area contributed by atoms with Crippen molar-refractivity contribution < 1.29 is 4.74 Å². The molecule has 27 heavy (non-hydrogen) atoms. The first-order valence-electron chi connectivity index (χ1n) is 9.20. The molecule has 1 aliphatic heterocycles. The third kappa shape index (κ3) is 4.28. The van der Waals surface area contributed by atoms with Crippen LogP contribution in [0.3, 0.4) is 0 Å². The van der Waals surface area contributed by atoms with E-state index in [4.69, 9.17) is 4.74 Å². The van der Waals surface area contributed by atoms with E-state index >= 15 is 0 Å². The van der Waals surface area contributed by atoms with Gasteiger partial charge in [0.1, 0.15) is 11.4 Å². The highest BCUT2D eigenvalue weighted by molar-refractivity contribution is 5.44. The predicted molar refractivity (Wildman–Crippen MR) is 99.8 cm³/mol. The summed E-state index contributed by atoms with van der Waals surface area (Å²) in [6.07, 6.45) is 7.26. The lowest BCUT2D eigenvalue weighted by Crippen LogP contribution is -2.37. The summed E-state index contributed by atoms with van der Waals surface area (Å²) in [7, 11) is 1.73. The number of hydrogen-bond donors (Lipinski definition) is 0. The Labute approximate surface area is 158 Å². The van der Waals surface area contributed by atoms with Gasteiger partial charge in [0.2, 0.25) is 5.82 Å². The third-order valence-corrected chi connectivity index (χ3v) is 4.86. The minimum Gasteiger partial charge on any atom is -0.496 e. The molecule has 1 aromatic carbocycles. The maximum Gasteiger partial charge on any atom is 0.224 e. The van der Waals surface area contributed by atoms with Crippen LogP contribution in [0.25, 0.3) is 11.5 Å². The standard InChI is InChI=1S/C19H23N7O/c1-27-18-7-3-2-6-16(18)14-25-10-4-5-15(12-25)13-26-23-19(22-24-26)17-11-20-8-9-21-17/h2-3,6-9,11,15H,4-5,10,12-14H2,1H3/t15-/m1/s1. The van der Waals surface area contributed by atoms with E-state index in [1.807, 2.05) is 12.1 Å². The maximum absolute atomic E-state index is 5.48. The van der Waals surface area contributed by atoms with E-state index in [1.54, 1.807) is 30.5 Å². The SMILES string of the molecule is COc1ccccc1CN1CCC[C@@H](Cn2nnc(-c3cnccn3)n2)C1. The molecule has 4 rings (SSSR count). The molecule has 1 aliphatic rings. The molecule has 0 radical (unpaired) electrons. The quantitative estimate of drug-likeness (QED) is 0.661. The van der Waals surface area contributed by atoms with Crippen LogP contribution < -0.4 is 4.74 Å². The van der Waals surface area contributed by atoms with E-state index < -0.39 is 0 Å². The first-order chi connectivity index (χ1) is 13.3. The highest BCUT2D eigenvalue weighted by Gasteiger charge is 2.22. The number of rotatable bonds is 6. The van der Waals surface area contributed by atoms with Crippen molar-refractivity contribution in [3.8, 4) is 17.3 Å². The number of methoxy groups -OCH3 is 1. The molecule has 8 heteroatoms. The van der Waals surface area contributed by atoms with Gasteiger partial charge in [-0.1, -0.05) is 18.2 Å². The molecule has 1 atom stereocenters. The van der Waals surface area contributed by atoms with Gasteiger partial charge in [0, 0.05) is 31.0 Å². The molecule has 8 nitrogen and oxygen atoms in total. The normalized spacial score (nSPS) is 17.7. The first-order valence-corrected chi connectivity index (χ1v) is 9.20. The van der Waals surface area contributed by atoms with Crippen LogP contribution in [0.4, 0.5) is 0 Å². The average molecular weight is 365 g/mol. The molecule has 3 heterocycles. The molecule has 0 unspecified atom stereocenters. The van der Waals surface area contributed by atoms with E-state index in [0.717, 1.165) is 31.9 Å². The Kier molecular flexibility index (Phi) is 5.34. The van der Waals surface area contributed by atoms with E-state index in [1.165, 1.54) is 18.4 Å². The topological polar surface area (TPSA) is 81.9 Å². The van der Waals surface area contributed by atoms with Crippen molar-refractivity contribution >= 4 is 0 Å². The zero-order valence-electron chi connectivity index (χ0n) is 15.4. The van der Waals surface area contributed by atoms with E-state index in [0.29, 0.717) is 17.4 Å². The number of aromatic nitrogens is 6. The van der Waals surface area contributed by atoms with E-state index in [2.05, 4.69) is 42.4 Å². The molecular formula is C19H23N7O. The van der Waals surface area contributed by atoms with E-state index in [-0.39, 0.29) is 0 Å². The fourth-order valence-electron chi connectivity index (χ4n) is 3.59. The summed E-state index contributed by atoms with van der Waals surface area (Å²) < 4.78 is 5.48. The van der Waals surface area contributed by atoms with Crippen LogP contribution in [0.1, 0.15) is 18.4 Å². The van der Waals surface area contributed by atoms with Crippen LogP contribution in [0, 0.1) is 5.92 Å². The molecule has 0 amide bonds. The molecule has 1 fully saturated rings. The van der Waals surface area contributed by atoms with Crippen LogP contribution in [0.5, 0.6) is 5.75 Å². The van der Waals surface area contributed by atoms with Crippen LogP contribution in [-0.4, -0.2) is 55.3 Å². The van der Waals surface area contributed by atoms with Crippen molar-refractivity contribution in [2.24, 2.45) is 5.92 Å². The lowest BCUT2D eigenvalue weighted by molar-refractivity contribution is 0.148. The molecule has 140 valence electrons.